The number of aromatic nitrogens is 1. The van der Waals surface area contributed by atoms with Crippen LogP contribution in [0.25, 0.3) is 0 Å². The van der Waals surface area contributed by atoms with Crippen LogP contribution in [0.15, 0.2) is 53.3 Å². The minimum atomic E-state index is -4.58. The minimum absolute atomic E-state index is 0.0786. The molecule has 33 heavy (non-hydrogen) atoms. The van der Waals surface area contributed by atoms with Crippen LogP contribution in [0.5, 0.6) is 0 Å². The van der Waals surface area contributed by atoms with Gasteiger partial charge in [0.1, 0.15) is 12.5 Å². The first-order valence-electron chi connectivity index (χ1n) is 10.5. The summed E-state index contributed by atoms with van der Waals surface area (Å²) in [6.07, 6.45) is -2.24. The molecule has 0 radical (unpaired) electrons. The molecule has 0 atom stereocenters. The quantitative estimate of drug-likeness (QED) is 0.474. The topological polar surface area (TPSA) is 56.4 Å². The van der Waals surface area contributed by atoms with Crippen molar-refractivity contribution in [3.8, 4) is 0 Å². The lowest BCUT2D eigenvalue weighted by molar-refractivity contribution is -0.137. The zero-order valence-electron chi connectivity index (χ0n) is 17.4. The van der Waals surface area contributed by atoms with Crippen LogP contribution in [0, 0.1) is 5.82 Å². The van der Waals surface area contributed by atoms with Gasteiger partial charge in [-0.25, -0.2) is 4.39 Å². The molecule has 3 heterocycles. The van der Waals surface area contributed by atoms with E-state index in [2.05, 4.69) is 4.98 Å². The van der Waals surface area contributed by atoms with Crippen molar-refractivity contribution in [2.45, 2.75) is 31.9 Å². The maximum atomic E-state index is 14.1. The number of H-pyrrole nitrogens is 1. The molecule has 0 spiro atoms. The Hall–Kier alpha value is -3.62. The predicted octanol–water partition coefficient (Wildman–Crippen LogP) is 5.17. The van der Waals surface area contributed by atoms with Gasteiger partial charge < -0.3 is 9.88 Å². The van der Waals surface area contributed by atoms with Gasteiger partial charge >= 0.3 is 6.18 Å². The van der Waals surface area contributed by atoms with E-state index in [-0.39, 0.29) is 23.5 Å². The number of nitrogens with one attached hydrogen (secondary N) is 1. The molecule has 2 aromatic carbocycles. The van der Waals surface area contributed by atoms with Gasteiger partial charge in [-0.3, -0.25) is 14.5 Å². The summed E-state index contributed by atoms with van der Waals surface area (Å²) in [5, 5.41) is 0. The summed E-state index contributed by atoms with van der Waals surface area (Å²) in [6.45, 7) is -0.0786. The summed E-state index contributed by atoms with van der Waals surface area (Å²) in [4.78, 5) is 31.2. The van der Waals surface area contributed by atoms with E-state index in [1.807, 2.05) is 0 Å². The van der Waals surface area contributed by atoms with Gasteiger partial charge in [-0.15, -0.1) is 0 Å². The number of aryl methyl sites for hydroxylation is 2. The smallest absolute Gasteiger partial charge is 0.324 e. The molecule has 5 nitrogen and oxygen atoms in total. The Bertz CT molecular complexity index is 1320. The number of carbonyl (C=O) groups is 1. The number of amides is 1. The van der Waals surface area contributed by atoms with Gasteiger partial charge in [0.2, 0.25) is 5.56 Å². The lowest BCUT2D eigenvalue weighted by atomic mass is 10.0. The molecule has 1 N–H and O–H groups in total. The molecule has 0 saturated carbocycles. The third kappa shape index (κ3) is 3.77. The lowest BCUT2D eigenvalue weighted by Gasteiger charge is -2.39. The van der Waals surface area contributed by atoms with E-state index < -0.39 is 23.5 Å². The summed E-state index contributed by atoms with van der Waals surface area (Å²) in [6, 6.07) is 10.1. The number of aromatic amines is 1. The molecule has 9 heteroatoms. The second-order valence-corrected chi connectivity index (χ2v) is 8.20. The molecule has 2 bridgehead atoms. The van der Waals surface area contributed by atoms with Crippen LogP contribution < -0.4 is 15.4 Å². The van der Waals surface area contributed by atoms with Crippen LogP contribution in [0.4, 0.5) is 34.6 Å². The molecule has 0 aliphatic carbocycles. The Morgan fingerprint density at radius 2 is 1.58 bits per heavy atom. The van der Waals surface area contributed by atoms with Gasteiger partial charge in [0, 0.05) is 17.4 Å². The monoisotopic (exact) mass is 457 g/mol. The van der Waals surface area contributed by atoms with Gasteiger partial charge in [-0.2, -0.15) is 13.2 Å². The Balaban J connectivity index is 1.76. The molecule has 3 aromatic rings. The van der Waals surface area contributed by atoms with Crippen molar-refractivity contribution in [3.05, 3.63) is 87.1 Å². The highest BCUT2D eigenvalue weighted by atomic mass is 19.4. The van der Waals surface area contributed by atoms with E-state index in [4.69, 9.17) is 0 Å². The number of alkyl halides is 3. The molecule has 0 fully saturated rings. The fourth-order valence-corrected chi connectivity index (χ4v) is 4.52. The number of benzene rings is 2. The third-order valence-corrected chi connectivity index (χ3v) is 6.10. The minimum Gasteiger partial charge on any atom is -0.324 e. The standard InChI is InChI=1S/C24H19F4N3O2/c25-16-6-8-19-14(11-16)3-1-2-4-18-20(9-10-22(32)29-18)31-13-30(19)21-12-15(24(26,27)28)5-7-17(21)23(31)33/h5-12H,1-4,13H2,(H,29,32). The number of hydrogen-bond donors (Lipinski definition) is 1. The second-order valence-electron chi connectivity index (χ2n) is 8.20. The highest BCUT2D eigenvalue weighted by Gasteiger charge is 2.37. The molecular weight excluding hydrogens is 438 g/mol. The molecule has 170 valence electrons. The molecule has 2 aliphatic rings. The van der Waals surface area contributed by atoms with E-state index in [1.165, 1.54) is 35.2 Å². The van der Waals surface area contributed by atoms with E-state index in [0.29, 0.717) is 48.3 Å². The summed E-state index contributed by atoms with van der Waals surface area (Å²) in [5.41, 5.74) is 1.32. The third-order valence-electron chi connectivity index (χ3n) is 6.10. The van der Waals surface area contributed by atoms with Crippen LogP contribution in [-0.4, -0.2) is 17.6 Å². The number of halogens is 4. The van der Waals surface area contributed by atoms with Crippen LogP contribution in [-0.2, 0) is 19.0 Å². The number of fused-ring (bicyclic) bond motifs is 8. The SMILES string of the molecule is O=C1c2ccc(C(F)(F)F)cc2N2CN1c1ccc(=O)[nH]c1CCCCc1cc(F)ccc12. The maximum absolute atomic E-state index is 14.1. The van der Waals surface area contributed by atoms with E-state index in [1.54, 1.807) is 11.0 Å². The summed E-state index contributed by atoms with van der Waals surface area (Å²) in [5.74, 6) is -0.906. The summed E-state index contributed by atoms with van der Waals surface area (Å²) in [7, 11) is 0. The van der Waals surface area contributed by atoms with Gasteiger partial charge in [-0.1, -0.05) is 0 Å². The number of nitrogens with zero attached hydrogens (tertiary/aromatic N) is 2. The summed E-state index contributed by atoms with van der Waals surface area (Å²) >= 11 is 0. The highest BCUT2D eigenvalue weighted by molar-refractivity contribution is 6.13. The van der Waals surface area contributed by atoms with Crippen molar-refractivity contribution >= 4 is 23.0 Å². The van der Waals surface area contributed by atoms with Crippen molar-refractivity contribution in [1.29, 1.82) is 0 Å². The largest absolute Gasteiger partial charge is 0.416 e. The normalized spacial score (nSPS) is 15.9. The number of hydrogen-bond acceptors (Lipinski definition) is 3. The molecule has 2 aliphatic heterocycles. The number of pyridine rings is 1. The summed E-state index contributed by atoms with van der Waals surface area (Å²) < 4.78 is 54.5. The van der Waals surface area contributed by atoms with Crippen molar-refractivity contribution in [2.75, 3.05) is 16.5 Å². The average molecular weight is 457 g/mol. The van der Waals surface area contributed by atoms with Gasteiger partial charge in [0.25, 0.3) is 5.91 Å². The number of anilines is 3. The molecule has 1 amide bonds. The van der Waals surface area contributed by atoms with Crippen molar-refractivity contribution < 1.29 is 22.4 Å². The van der Waals surface area contributed by atoms with Crippen LogP contribution >= 0.6 is 0 Å². The van der Waals surface area contributed by atoms with Gasteiger partial charge in [-0.05, 0) is 73.7 Å². The maximum Gasteiger partial charge on any atom is 0.416 e. The van der Waals surface area contributed by atoms with Crippen LogP contribution in [0.2, 0.25) is 0 Å². The van der Waals surface area contributed by atoms with E-state index in [9.17, 15) is 27.2 Å². The van der Waals surface area contributed by atoms with Gasteiger partial charge in [0.05, 0.1) is 22.5 Å². The Labute approximate surface area is 186 Å². The number of carbonyl (C=O) groups excluding carboxylic acids is 1. The predicted molar refractivity (Wildman–Crippen MR) is 115 cm³/mol. The van der Waals surface area contributed by atoms with Crippen molar-refractivity contribution in [3.63, 3.8) is 0 Å². The first-order valence-corrected chi connectivity index (χ1v) is 10.5. The Morgan fingerprint density at radius 1 is 0.818 bits per heavy atom. The molecule has 0 saturated heterocycles. The first kappa shape index (κ1) is 21.2. The zero-order chi connectivity index (χ0) is 23.3. The Morgan fingerprint density at radius 3 is 2.36 bits per heavy atom. The van der Waals surface area contributed by atoms with Crippen LogP contribution in [0.3, 0.4) is 0 Å². The van der Waals surface area contributed by atoms with E-state index >= 15 is 0 Å². The van der Waals surface area contributed by atoms with Crippen molar-refractivity contribution in [2.24, 2.45) is 0 Å². The zero-order valence-corrected chi connectivity index (χ0v) is 17.4. The molecule has 1 aromatic heterocycles. The Kier molecular flexibility index (Phi) is 4.99. The molecule has 0 unspecified atom stereocenters. The fourth-order valence-electron chi connectivity index (χ4n) is 4.52. The molecule has 5 rings (SSSR count). The average Bonchev–Trinajstić information content (AvgIpc) is 2.79. The van der Waals surface area contributed by atoms with E-state index in [0.717, 1.165) is 12.1 Å². The van der Waals surface area contributed by atoms with Crippen molar-refractivity contribution in [1.82, 2.24) is 4.98 Å². The second kappa shape index (κ2) is 7.75. The molecular formula is C24H19F4N3O2. The number of rotatable bonds is 0. The fraction of sp³-hybridized carbons (Fsp3) is 0.250. The van der Waals surface area contributed by atoms with Gasteiger partial charge in [0.15, 0.2) is 0 Å². The van der Waals surface area contributed by atoms with Crippen LogP contribution in [0.1, 0.15) is 40.0 Å². The highest BCUT2D eigenvalue weighted by Crippen LogP contribution is 2.41. The first-order chi connectivity index (χ1) is 15.7. The lowest BCUT2D eigenvalue weighted by Crippen LogP contribution is -2.46.